The zero-order valence-corrected chi connectivity index (χ0v) is 11.4. The van der Waals surface area contributed by atoms with E-state index in [0.717, 1.165) is 0 Å². The maximum Gasteiger partial charge on any atom is 0.337 e. The summed E-state index contributed by atoms with van der Waals surface area (Å²) < 4.78 is 0. The average Bonchev–Trinajstić information content (AvgIpc) is 2.40. The Morgan fingerprint density at radius 1 is 1.15 bits per heavy atom. The molecule has 7 heteroatoms. The second kappa shape index (κ2) is 5.90. The van der Waals surface area contributed by atoms with Crippen molar-refractivity contribution in [3.05, 3.63) is 57.8 Å². The van der Waals surface area contributed by atoms with Crippen LogP contribution in [0.5, 0.6) is 0 Å². The van der Waals surface area contributed by atoms with Crippen LogP contribution in [-0.2, 0) is 0 Å². The van der Waals surface area contributed by atoms with E-state index in [-0.39, 0.29) is 27.1 Å². The minimum atomic E-state index is -1.19. The summed E-state index contributed by atoms with van der Waals surface area (Å²) in [7, 11) is 0. The van der Waals surface area contributed by atoms with Gasteiger partial charge in [0, 0.05) is 5.02 Å². The van der Waals surface area contributed by atoms with Crippen molar-refractivity contribution in [3.63, 3.8) is 0 Å². The van der Waals surface area contributed by atoms with Gasteiger partial charge in [0.05, 0.1) is 11.3 Å². The molecule has 0 spiro atoms. The number of nitrogens with one attached hydrogen (secondary N) is 1. The van der Waals surface area contributed by atoms with Crippen LogP contribution in [0.25, 0.3) is 0 Å². The summed E-state index contributed by atoms with van der Waals surface area (Å²) >= 11 is 11.4. The number of aromatic carboxylic acids is 1. The molecule has 2 N–H and O–H groups in total. The number of carboxylic acids is 1. The van der Waals surface area contributed by atoms with Crippen LogP contribution in [0.1, 0.15) is 20.8 Å². The van der Waals surface area contributed by atoms with Gasteiger partial charge in [0.15, 0.2) is 0 Å². The molecule has 102 valence electrons. The highest BCUT2D eigenvalue weighted by Gasteiger charge is 2.15. The summed E-state index contributed by atoms with van der Waals surface area (Å²) in [5.74, 6) is -1.75. The number of pyridine rings is 1. The molecule has 1 amide bonds. The van der Waals surface area contributed by atoms with E-state index in [1.807, 2.05) is 0 Å². The Morgan fingerprint density at radius 2 is 1.90 bits per heavy atom. The maximum atomic E-state index is 12.0. The zero-order chi connectivity index (χ0) is 14.7. The van der Waals surface area contributed by atoms with Crippen molar-refractivity contribution in [2.75, 3.05) is 5.32 Å². The summed E-state index contributed by atoms with van der Waals surface area (Å²) in [4.78, 5) is 26.9. The number of carbonyl (C=O) groups excluding carboxylic acids is 1. The van der Waals surface area contributed by atoms with E-state index >= 15 is 0 Å². The van der Waals surface area contributed by atoms with Crippen molar-refractivity contribution < 1.29 is 14.7 Å². The molecule has 1 aromatic heterocycles. The predicted octanol–water partition coefficient (Wildman–Crippen LogP) is 3.34. The SMILES string of the molecule is O=C(Nc1ccc(Cl)cc1C(=O)O)c1cccc(Cl)n1. The maximum absolute atomic E-state index is 12.0. The number of hydrogen-bond acceptors (Lipinski definition) is 3. The van der Waals surface area contributed by atoms with E-state index in [9.17, 15) is 9.59 Å². The molecule has 0 aliphatic carbocycles. The van der Waals surface area contributed by atoms with Gasteiger partial charge in [-0.1, -0.05) is 29.3 Å². The van der Waals surface area contributed by atoms with Crippen LogP contribution in [0.3, 0.4) is 0 Å². The van der Waals surface area contributed by atoms with Crippen LogP contribution >= 0.6 is 23.2 Å². The topological polar surface area (TPSA) is 79.3 Å². The first-order chi connectivity index (χ1) is 9.47. The molecular formula is C13H8Cl2N2O3. The summed E-state index contributed by atoms with van der Waals surface area (Å²) in [6.07, 6.45) is 0. The molecule has 0 unspecified atom stereocenters. The van der Waals surface area contributed by atoms with Crippen molar-refractivity contribution >= 4 is 40.8 Å². The Labute approximate surface area is 124 Å². The van der Waals surface area contributed by atoms with Gasteiger partial charge in [-0.25, -0.2) is 9.78 Å². The third-order valence-electron chi connectivity index (χ3n) is 2.41. The van der Waals surface area contributed by atoms with Gasteiger partial charge in [-0.2, -0.15) is 0 Å². The van der Waals surface area contributed by atoms with Crippen molar-refractivity contribution in [1.82, 2.24) is 4.98 Å². The van der Waals surface area contributed by atoms with Crippen LogP contribution in [0.2, 0.25) is 10.2 Å². The van der Waals surface area contributed by atoms with Crippen molar-refractivity contribution in [1.29, 1.82) is 0 Å². The van der Waals surface area contributed by atoms with Crippen molar-refractivity contribution in [2.24, 2.45) is 0 Å². The fraction of sp³-hybridized carbons (Fsp3) is 0. The second-order valence-corrected chi connectivity index (χ2v) is 4.62. The molecule has 0 atom stereocenters. The molecule has 0 aliphatic rings. The number of anilines is 1. The number of carboxylic acid groups (broad SMARTS) is 1. The van der Waals surface area contributed by atoms with E-state index in [0.29, 0.717) is 0 Å². The van der Waals surface area contributed by atoms with Crippen LogP contribution in [0.15, 0.2) is 36.4 Å². The summed E-state index contributed by atoms with van der Waals surface area (Å²) in [5.41, 5.74) is 0.116. The predicted molar refractivity (Wildman–Crippen MR) is 75.6 cm³/mol. The first-order valence-corrected chi connectivity index (χ1v) is 6.20. The number of halogens is 2. The number of nitrogens with zero attached hydrogens (tertiary/aromatic N) is 1. The van der Waals surface area contributed by atoms with E-state index in [2.05, 4.69) is 10.3 Å². The molecule has 0 saturated heterocycles. The number of benzene rings is 1. The van der Waals surface area contributed by atoms with Gasteiger partial charge in [-0.05, 0) is 30.3 Å². The zero-order valence-electron chi connectivity index (χ0n) is 9.93. The number of rotatable bonds is 3. The monoisotopic (exact) mass is 310 g/mol. The Kier molecular flexibility index (Phi) is 4.22. The van der Waals surface area contributed by atoms with Gasteiger partial charge < -0.3 is 10.4 Å². The molecule has 0 radical (unpaired) electrons. The highest BCUT2D eigenvalue weighted by Crippen LogP contribution is 2.21. The first kappa shape index (κ1) is 14.3. The number of hydrogen-bond donors (Lipinski definition) is 2. The fourth-order valence-corrected chi connectivity index (χ4v) is 1.86. The lowest BCUT2D eigenvalue weighted by Crippen LogP contribution is -2.16. The molecular weight excluding hydrogens is 303 g/mol. The highest BCUT2D eigenvalue weighted by atomic mass is 35.5. The van der Waals surface area contributed by atoms with Crippen LogP contribution < -0.4 is 5.32 Å². The standard InChI is InChI=1S/C13H8Cl2N2O3/c14-7-4-5-9(8(6-7)13(19)20)17-12(18)10-2-1-3-11(15)16-10/h1-6H,(H,17,18)(H,19,20). The molecule has 0 aliphatic heterocycles. The van der Waals surface area contributed by atoms with Crippen molar-refractivity contribution in [3.8, 4) is 0 Å². The average molecular weight is 311 g/mol. The van der Waals surface area contributed by atoms with E-state index in [4.69, 9.17) is 28.3 Å². The molecule has 0 fully saturated rings. The quantitative estimate of drug-likeness (QED) is 0.852. The summed E-state index contributed by atoms with van der Waals surface area (Å²) in [5, 5.41) is 12.0. The normalized spacial score (nSPS) is 10.1. The summed E-state index contributed by atoms with van der Waals surface area (Å²) in [6, 6.07) is 8.72. The third kappa shape index (κ3) is 3.26. The van der Waals surface area contributed by atoms with Gasteiger partial charge in [-0.15, -0.1) is 0 Å². The fourth-order valence-electron chi connectivity index (χ4n) is 1.52. The molecule has 20 heavy (non-hydrogen) atoms. The Bertz CT molecular complexity index is 689. The number of carbonyl (C=O) groups is 2. The lowest BCUT2D eigenvalue weighted by atomic mass is 10.1. The van der Waals surface area contributed by atoms with Crippen LogP contribution in [0, 0.1) is 0 Å². The Hall–Kier alpha value is -2.11. The van der Waals surface area contributed by atoms with Gasteiger partial charge in [0.1, 0.15) is 10.8 Å². The van der Waals surface area contributed by atoms with Gasteiger partial charge in [0.25, 0.3) is 5.91 Å². The van der Waals surface area contributed by atoms with Crippen LogP contribution in [-0.4, -0.2) is 22.0 Å². The lowest BCUT2D eigenvalue weighted by molar-refractivity contribution is 0.0698. The van der Waals surface area contributed by atoms with Gasteiger partial charge >= 0.3 is 5.97 Å². The largest absolute Gasteiger partial charge is 0.478 e. The Morgan fingerprint density at radius 3 is 2.55 bits per heavy atom. The molecule has 2 rings (SSSR count). The van der Waals surface area contributed by atoms with E-state index in [1.165, 1.54) is 30.3 Å². The molecule has 1 aromatic carbocycles. The minimum Gasteiger partial charge on any atom is -0.478 e. The first-order valence-electron chi connectivity index (χ1n) is 5.44. The van der Waals surface area contributed by atoms with E-state index in [1.54, 1.807) is 6.07 Å². The van der Waals surface area contributed by atoms with E-state index < -0.39 is 11.9 Å². The molecule has 0 bridgehead atoms. The van der Waals surface area contributed by atoms with Crippen LogP contribution in [0.4, 0.5) is 5.69 Å². The molecule has 1 heterocycles. The van der Waals surface area contributed by atoms with Gasteiger partial charge in [-0.3, -0.25) is 4.79 Å². The highest BCUT2D eigenvalue weighted by molar-refractivity contribution is 6.31. The summed E-state index contributed by atoms with van der Waals surface area (Å²) in [6.45, 7) is 0. The van der Waals surface area contributed by atoms with Crippen molar-refractivity contribution in [2.45, 2.75) is 0 Å². The number of amides is 1. The molecule has 0 saturated carbocycles. The third-order valence-corrected chi connectivity index (χ3v) is 2.85. The minimum absolute atomic E-state index is 0.0868. The second-order valence-electron chi connectivity index (χ2n) is 3.79. The Balaban J connectivity index is 2.30. The van der Waals surface area contributed by atoms with Gasteiger partial charge in [0.2, 0.25) is 0 Å². The number of aromatic nitrogens is 1. The molecule has 2 aromatic rings. The molecule has 5 nitrogen and oxygen atoms in total. The lowest BCUT2D eigenvalue weighted by Gasteiger charge is -2.08. The smallest absolute Gasteiger partial charge is 0.337 e.